The molecule has 0 atom stereocenters. The number of carbonyl (C=O) groups excluding carboxylic acids is 2. The second kappa shape index (κ2) is 6.65. The molecule has 2 rings (SSSR count). The van der Waals surface area contributed by atoms with E-state index in [2.05, 4.69) is 10.6 Å². The van der Waals surface area contributed by atoms with Gasteiger partial charge in [0.1, 0.15) is 5.82 Å². The molecule has 5 heteroatoms. The van der Waals surface area contributed by atoms with Crippen molar-refractivity contribution in [2.45, 2.75) is 13.3 Å². The summed E-state index contributed by atoms with van der Waals surface area (Å²) in [6.45, 7) is 1.76. The maximum atomic E-state index is 12.8. The highest BCUT2D eigenvalue weighted by Gasteiger charge is 2.07. The largest absolute Gasteiger partial charge is 0.326 e. The predicted octanol–water partition coefficient (Wildman–Crippen LogP) is 3.43. The van der Waals surface area contributed by atoms with Gasteiger partial charge in [-0.2, -0.15) is 0 Å². The first-order valence-electron chi connectivity index (χ1n) is 6.55. The van der Waals surface area contributed by atoms with Gasteiger partial charge in [-0.05, 0) is 42.5 Å². The number of hydrogen-bond donors (Lipinski definition) is 2. The lowest BCUT2D eigenvalue weighted by molar-refractivity contribution is -0.115. The van der Waals surface area contributed by atoms with Gasteiger partial charge in [-0.15, -0.1) is 0 Å². The Labute approximate surface area is 122 Å². The third kappa shape index (κ3) is 4.14. The monoisotopic (exact) mass is 286 g/mol. The average molecular weight is 286 g/mol. The third-order valence-electron chi connectivity index (χ3n) is 2.83. The fourth-order valence-corrected chi connectivity index (χ4v) is 1.73. The summed E-state index contributed by atoms with van der Waals surface area (Å²) in [7, 11) is 0. The van der Waals surface area contributed by atoms with Crippen LogP contribution in [0.25, 0.3) is 0 Å². The standard InChI is InChI=1S/C16H15FN2O2/c1-2-15(20)18-13-4-3-5-14(10-13)19-16(21)11-6-8-12(17)9-7-11/h3-10H,2H2,1H3,(H,18,20)(H,19,21). The van der Waals surface area contributed by atoms with Crippen molar-refractivity contribution in [3.05, 3.63) is 59.9 Å². The molecule has 0 radical (unpaired) electrons. The first-order chi connectivity index (χ1) is 10.1. The molecule has 0 bridgehead atoms. The van der Waals surface area contributed by atoms with E-state index in [0.29, 0.717) is 23.4 Å². The van der Waals surface area contributed by atoms with Crippen LogP contribution in [-0.4, -0.2) is 11.8 Å². The first-order valence-corrected chi connectivity index (χ1v) is 6.55. The molecule has 108 valence electrons. The van der Waals surface area contributed by atoms with Gasteiger partial charge in [0.25, 0.3) is 5.91 Å². The van der Waals surface area contributed by atoms with Crippen LogP contribution in [0.5, 0.6) is 0 Å². The number of anilines is 2. The van der Waals surface area contributed by atoms with Gasteiger partial charge in [0, 0.05) is 23.4 Å². The molecule has 0 aliphatic rings. The van der Waals surface area contributed by atoms with E-state index < -0.39 is 5.82 Å². The third-order valence-corrected chi connectivity index (χ3v) is 2.83. The molecular weight excluding hydrogens is 271 g/mol. The number of benzene rings is 2. The summed E-state index contributed by atoms with van der Waals surface area (Å²) >= 11 is 0. The van der Waals surface area contributed by atoms with Crippen LogP contribution < -0.4 is 10.6 Å². The molecule has 2 N–H and O–H groups in total. The van der Waals surface area contributed by atoms with Crippen LogP contribution in [0.15, 0.2) is 48.5 Å². The molecule has 0 aliphatic carbocycles. The van der Waals surface area contributed by atoms with Crippen LogP contribution in [0, 0.1) is 5.82 Å². The second-order valence-corrected chi connectivity index (χ2v) is 4.44. The van der Waals surface area contributed by atoms with Gasteiger partial charge in [0.2, 0.25) is 5.91 Å². The number of hydrogen-bond acceptors (Lipinski definition) is 2. The summed E-state index contributed by atoms with van der Waals surface area (Å²) < 4.78 is 12.8. The Morgan fingerprint density at radius 2 is 1.62 bits per heavy atom. The highest BCUT2D eigenvalue weighted by Crippen LogP contribution is 2.16. The van der Waals surface area contributed by atoms with Crippen molar-refractivity contribution in [2.75, 3.05) is 10.6 Å². The molecule has 0 saturated carbocycles. The van der Waals surface area contributed by atoms with Crippen LogP contribution in [0.1, 0.15) is 23.7 Å². The highest BCUT2D eigenvalue weighted by atomic mass is 19.1. The molecule has 2 aromatic carbocycles. The molecule has 0 unspecified atom stereocenters. The highest BCUT2D eigenvalue weighted by molar-refractivity contribution is 6.04. The molecule has 0 saturated heterocycles. The zero-order valence-electron chi connectivity index (χ0n) is 11.5. The van der Waals surface area contributed by atoms with Gasteiger partial charge in [0.05, 0.1) is 0 Å². The number of amides is 2. The Morgan fingerprint density at radius 1 is 1.00 bits per heavy atom. The maximum absolute atomic E-state index is 12.8. The topological polar surface area (TPSA) is 58.2 Å². The molecule has 2 aromatic rings. The summed E-state index contributed by atoms with van der Waals surface area (Å²) in [5.41, 5.74) is 1.52. The molecule has 0 heterocycles. The van der Waals surface area contributed by atoms with Gasteiger partial charge in [-0.1, -0.05) is 13.0 Å². The van der Waals surface area contributed by atoms with Crippen LogP contribution >= 0.6 is 0 Å². The fourth-order valence-electron chi connectivity index (χ4n) is 1.73. The number of nitrogens with one attached hydrogen (secondary N) is 2. The SMILES string of the molecule is CCC(=O)Nc1cccc(NC(=O)c2ccc(F)cc2)c1. The van der Waals surface area contributed by atoms with E-state index in [4.69, 9.17) is 0 Å². The van der Waals surface area contributed by atoms with Crippen molar-refractivity contribution in [3.8, 4) is 0 Å². The lowest BCUT2D eigenvalue weighted by Gasteiger charge is -2.08. The van der Waals surface area contributed by atoms with E-state index in [1.54, 1.807) is 31.2 Å². The van der Waals surface area contributed by atoms with E-state index in [9.17, 15) is 14.0 Å². The number of halogens is 1. The second-order valence-electron chi connectivity index (χ2n) is 4.44. The van der Waals surface area contributed by atoms with E-state index >= 15 is 0 Å². The van der Waals surface area contributed by atoms with Crippen molar-refractivity contribution < 1.29 is 14.0 Å². The van der Waals surface area contributed by atoms with Gasteiger partial charge in [-0.3, -0.25) is 9.59 Å². The fraction of sp³-hybridized carbons (Fsp3) is 0.125. The summed E-state index contributed by atoms with van der Waals surface area (Å²) in [6.07, 6.45) is 0.381. The Morgan fingerprint density at radius 3 is 2.24 bits per heavy atom. The molecule has 0 aromatic heterocycles. The van der Waals surface area contributed by atoms with Crippen LogP contribution in [0.4, 0.5) is 15.8 Å². The van der Waals surface area contributed by atoms with Crippen molar-refractivity contribution in [2.24, 2.45) is 0 Å². The minimum atomic E-state index is -0.393. The van der Waals surface area contributed by atoms with Gasteiger partial charge in [0.15, 0.2) is 0 Å². The van der Waals surface area contributed by atoms with Crippen molar-refractivity contribution in [1.82, 2.24) is 0 Å². The summed E-state index contributed by atoms with van der Waals surface area (Å²) in [5.74, 6) is -0.832. The molecule has 0 aliphatic heterocycles. The van der Waals surface area contributed by atoms with Crippen LogP contribution in [-0.2, 0) is 4.79 Å². The van der Waals surface area contributed by atoms with Crippen LogP contribution in [0.3, 0.4) is 0 Å². The quantitative estimate of drug-likeness (QED) is 0.904. The minimum absolute atomic E-state index is 0.1000. The van der Waals surface area contributed by atoms with E-state index in [0.717, 1.165) is 0 Å². The van der Waals surface area contributed by atoms with Crippen molar-refractivity contribution in [1.29, 1.82) is 0 Å². The Balaban J connectivity index is 2.08. The molecule has 4 nitrogen and oxygen atoms in total. The number of carbonyl (C=O) groups is 2. The average Bonchev–Trinajstić information content (AvgIpc) is 2.48. The van der Waals surface area contributed by atoms with E-state index in [-0.39, 0.29) is 11.8 Å². The smallest absolute Gasteiger partial charge is 0.255 e. The van der Waals surface area contributed by atoms with E-state index in [1.165, 1.54) is 24.3 Å². The number of rotatable bonds is 4. The summed E-state index contributed by atoms with van der Waals surface area (Å²) in [5, 5.41) is 5.41. The molecule has 2 amide bonds. The van der Waals surface area contributed by atoms with Crippen molar-refractivity contribution in [3.63, 3.8) is 0 Å². The Kier molecular flexibility index (Phi) is 4.66. The zero-order valence-corrected chi connectivity index (χ0v) is 11.5. The van der Waals surface area contributed by atoms with Gasteiger partial charge in [-0.25, -0.2) is 4.39 Å². The zero-order chi connectivity index (χ0) is 15.2. The lowest BCUT2D eigenvalue weighted by atomic mass is 10.2. The molecular formula is C16H15FN2O2. The van der Waals surface area contributed by atoms with E-state index in [1.807, 2.05) is 0 Å². The maximum Gasteiger partial charge on any atom is 0.255 e. The molecule has 21 heavy (non-hydrogen) atoms. The first kappa shape index (κ1) is 14.7. The molecule has 0 spiro atoms. The predicted molar refractivity (Wildman–Crippen MR) is 79.7 cm³/mol. The van der Waals surface area contributed by atoms with Gasteiger partial charge >= 0.3 is 0 Å². The van der Waals surface area contributed by atoms with Gasteiger partial charge < -0.3 is 10.6 Å². The van der Waals surface area contributed by atoms with Crippen molar-refractivity contribution >= 4 is 23.2 Å². The minimum Gasteiger partial charge on any atom is -0.326 e. The normalized spacial score (nSPS) is 10.0. The Hall–Kier alpha value is -2.69. The lowest BCUT2D eigenvalue weighted by Crippen LogP contribution is -2.13. The summed E-state index contributed by atoms with van der Waals surface area (Å²) in [6, 6.07) is 12.1. The molecule has 0 fully saturated rings. The Bertz CT molecular complexity index is 654. The van der Waals surface area contributed by atoms with Crippen LogP contribution in [0.2, 0.25) is 0 Å². The summed E-state index contributed by atoms with van der Waals surface area (Å²) in [4.78, 5) is 23.3.